The Balaban J connectivity index is 1.28. The SMILES string of the molecule is CN(C)C1CCN(c2ccc(NC(=O)N3CCN(c4ccc(F)cc4)CC3)cc2)C1. The van der Waals surface area contributed by atoms with E-state index in [1.807, 2.05) is 17.0 Å². The zero-order chi connectivity index (χ0) is 21.1. The predicted molar refractivity (Wildman–Crippen MR) is 120 cm³/mol. The van der Waals surface area contributed by atoms with Gasteiger partial charge < -0.3 is 24.9 Å². The first-order valence-electron chi connectivity index (χ1n) is 10.6. The van der Waals surface area contributed by atoms with Gasteiger partial charge in [0, 0.05) is 62.4 Å². The van der Waals surface area contributed by atoms with Gasteiger partial charge in [0.2, 0.25) is 0 Å². The third-order valence-electron chi connectivity index (χ3n) is 6.14. The highest BCUT2D eigenvalue weighted by molar-refractivity contribution is 5.89. The van der Waals surface area contributed by atoms with Gasteiger partial charge >= 0.3 is 6.03 Å². The van der Waals surface area contributed by atoms with Gasteiger partial charge in [0.1, 0.15) is 5.82 Å². The molecule has 1 N–H and O–H groups in total. The van der Waals surface area contributed by atoms with Crippen molar-refractivity contribution in [3.05, 3.63) is 54.3 Å². The molecule has 0 saturated carbocycles. The molecule has 0 aliphatic carbocycles. The maximum Gasteiger partial charge on any atom is 0.321 e. The van der Waals surface area contributed by atoms with E-state index in [4.69, 9.17) is 0 Å². The van der Waals surface area contributed by atoms with Gasteiger partial charge in [0.25, 0.3) is 0 Å². The molecule has 2 heterocycles. The minimum absolute atomic E-state index is 0.0737. The van der Waals surface area contributed by atoms with Crippen molar-refractivity contribution in [1.29, 1.82) is 0 Å². The molecule has 2 aromatic carbocycles. The number of nitrogens with one attached hydrogen (secondary N) is 1. The summed E-state index contributed by atoms with van der Waals surface area (Å²) >= 11 is 0. The predicted octanol–water partition coefficient (Wildman–Crippen LogP) is 3.32. The van der Waals surface area contributed by atoms with Crippen LogP contribution in [0.25, 0.3) is 0 Å². The Bertz CT molecular complexity index is 847. The van der Waals surface area contributed by atoms with E-state index in [-0.39, 0.29) is 11.8 Å². The van der Waals surface area contributed by atoms with Gasteiger partial charge in [-0.3, -0.25) is 0 Å². The van der Waals surface area contributed by atoms with Crippen molar-refractivity contribution in [2.24, 2.45) is 0 Å². The number of carbonyl (C=O) groups is 1. The lowest BCUT2D eigenvalue weighted by molar-refractivity contribution is 0.208. The van der Waals surface area contributed by atoms with Crippen LogP contribution in [0, 0.1) is 5.82 Å². The Morgan fingerprint density at radius 2 is 1.50 bits per heavy atom. The fraction of sp³-hybridized carbons (Fsp3) is 0.435. The molecule has 2 aliphatic rings. The van der Waals surface area contributed by atoms with Gasteiger partial charge in [0.05, 0.1) is 0 Å². The zero-order valence-electron chi connectivity index (χ0n) is 17.7. The zero-order valence-corrected chi connectivity index (χ0v) is 17.7. The molecule has 2 aromatic rings. The average molecular weight is 412 g/mol. The average Bonchev–Trinajstić information content (AvgIpc) is 3.26. The normalized spacial score (nSPS) is 19.5. The number of urea groups is 1. The first kappa shape index (κ1) is 20.5. The van der Waals surface area contributed by atoms with E-state index in [1.165, 1.54) is 24.2 Å². The lowest BCUT2D eigenvalue weighted by Gasteiger charge is -2.36. The topological polar surface area (TPSA) is 42.1 Å². The summed E-state index contributed by atoms with van der Waals surface area (Å²) in [6.07, 6.45) is 1.18. The van der Waals surface area contributed by atoms with Gasteiger partial charge in [-0.25, -0.2) is 9.18 Å². The molecule has 4 rings (SSSR count). The summed E-state index contributed by atoms with van der Waals surface area (Å²) < 4.78 is 13.1. The van der Waals surface area contributed by atoms with Gasteiger partial charge in [-0.15, -0.1) is 0 Å². The largest absolute Gasteiger partial charge is 0.370 e. The fourth-order valence-corrected chi connectivity index (χ4v) is 4.18. The molecule has 2 amide bonds. The second-order valence-electron chi connectivity index (χ2n) is 8.28. The molecular weight excluding hydrogens is 381 g/mol. The molecule has 0 aromatic heterocycles. The molecule has 2 saturated heterocycles. The van der Waals surface area contributed by atoms with E-state index in [0.717, 1.165) is 37.6 Å². The Morgan fingerprint density at radius 1 is 0.900 bits per heavy atom. The molecule has 0 radical (unpaired) electrons. The standard InChI is InChI=1S/C23H30FN5O/c1-26(2)22-11-12-29(17-22)21-9-5-19(6-10-21)25-23(30)28-15-13-27(14-16-28)20-7-3-18(24)4-8-20/h3-10,22H,11-17H2,1-2H3,(H,25,30). The van der Waals surface area contributed by atoms with E-state index >= 15 is 0 Å². The number of halogens is 1. The number of piperazine rings is 1. The van der Waals surface area contributed by atoms with E-state index < -0.39 is 0 Å². The van der Waals surface area contributed by atoms with E-state index in [0.29, 0.717) is 19.1 Å². The summed E-state index contributed by atoms with van der Waals surface area (Å²) in [4.78, 5) is 21.3. The van der Waals surface area contributed by atoms with E-state index in [2.05, 4.69) is 46.2 Å². The third-order valence-corrected chi connectivity index (χ3v) is 6.14. The highest BCUT2D eigenvalue weighted by atomic mass is 19.1. The highest BCUT2D eigenvalue weighted by Crippen LogP contribution is 2.24. The van der Waals surface area contributed by atoms with Gasteiger partial charge in [-0.2, -0.15) is 0 Å². The van der Waals surface area contributed by atoms with Crippen LogP contribution in [0.1, 0.15) is 6.42 Å². The lowest BCUT2D eigenvalue weighted by Crippen LogP contribution is -2.50. The molecule has 2 fully saturated rings. The summed E-state index contributed by atoms with van der Waals surface area (Å²) in [7, 11) is 4.26. The Labute approximate surface area is 177 Å². The van der Waals surface area contributed by atoms with Crippen molar-refractivity contribution in [1.82, 2.24) is 9.80 Å². The maximum atomic E-state index is 13.1. The van der Waals surface area contributed by atoms with Crippen molar-refractivity contribution in [3.63, 3.8) is 0 Å². The van der Waals surface area contributed by atoms with Crippen LogP contribution >= 0.6 is 0 Å². The second kappa shape index (κ2) is 8.92. The van der Waals surface area contributed by atoms with Crippen molar-refractivity contribution in [2.75, 3.05) is 68.5 Å². The number of rotatable bonds is 4. The second-order valence-corrected chi connectivity index (χ2v) is 8.28. The van der Waals surface area contributed by atoms with Gasteiger partial charge in [-0.1, -0.05) is 0 Å². The van der Waals surface area contributed by atoms with Crippen LogP contribution in [-0.2, 0) is 0 Å². The number of amides is 2. The molecule has 7 heteroatoms. The van der Waals surface area contributed by atoms with Crippen LogP contribution in [0.5, 0.6) is 0 Å². The molecule has 1 unspecified atom stereocenters. The van der Waals surface area contributed by atoms with Gasteiger partial charge in [-0.05, 0) is 69.0 Å². The number of hydrogen-bond acceptors (Lipinski definition) is 4. The third kappa shape index (κ3) is 4.67. The molecular formula is C23H30FN5O. The molecule has 6 nitrogen and oxygen atoms in total. The molecule has 2 aliphatic heterocycles. The molecule has 0 spiro atoms. The Morgan fingerprint density at radius 3 is 2.10 bits per heavy atom. The van der Waals surface area contributed by atoms with Crippen molar-refractivity contribution in [2.45, 2.75) is 12.5 Å². The van der Waals surface area contributed by atoms with Crippen LogP contribution in [-0.4, -0.2) is 75.2 Å². The van der Waals surface area contributed by atoms with Crippen LogP contribution in [0.15, 0.2) is 48.5 Å². The van der Waals surface area contributed by atoms with Gasteiger partial charge in [0.15, 0.2) is 0 Å². The first-order valence-corrected chi connectivity index (χ1v) is 10.6. The van der Waals surface area contributed by atoms with Crippen LogP contribution < -0.4 is 15.1 Å². The first-order chi connectivity index (χ1) is 14.5. The summed E-state index contributed by atoms with van der Waals surface area (Å²) in [5.41, 5.74) is 3.00. The Kier molecular flexibility index (Phi) is 6.08. The smallest absolute Gasteiger partial charge is 0.321 e. The molecule has 160 valence electrons. The van der Waals surface area contributed by atoms with Crippen LogP contribution in [0.2, 0.25) is 0 Å². The maximum absolute atomic E-state index is 13.1. The van der Waals surface area contributed by atoms with Crippen molar-refractivity contribution >= 4 is 23.1 Å². The lowest BCUT2D eigenvalue weighted by atomic mass is 10.2. The molecule has 0 bridgehead atoms. The van der Waals surface area contributed by atoms with Crippen molar-refractivity contribution < 1.29 is 9.18 Å². The number of anilines is 3. The number of nitrogens with zero attached hydrogens (tertiary/aromatic N) is 4. The summed E-state index contributed by atoms with van der Waals surface area (Å²) in [5.74, 6) is -0.231. The summed E-state index contributed by atoms with van der Waals surface area (Å²) in [6, 6.07) is 15.2. The van der Waals surface area contributed by atoms with Crippen LogP contribution in [0.3, 0.4) is 0 Å². The number of hydrogen-bond donors (Lipinski definition) is 1. The summed E-state index contributed by atoms with van der Waals surface area (Å²) in [5, 5.41) is 3.01. The fourth-order valence-electron chi connectivity index (χ4n) is 4.18. The molecule has 1 atom stereocenters. The minimum Gasteiger partial charge on any atom is -0.370 e. The van der Waals surface area contributed by atoms with E-state index in [9.17, 15) is 9.18 Å². The minimum atomic E-state index is -0.231. The Hall–Kier alpha value is -2.80. The quantitative estimate of drug-likeness (QED) is 0.838. The number of benzene rings is 2. The highest BCUT2D eigenvalue weighted by Gasteiger charge is 2.24. The number of carbonyl (C=O) groups excluding carboxylic acids is 1. The van der Waals surface area contributed by atoms with Crippen molar-refractivity contribution in [3.8, 4) is 0 Å². The monoisotopic (exact) mass is 411 g/mol. The van der Waals surface area contributed by atoms with Crippen LogP contribution in [0.4, 0.5) is 26.2 Å². The van der Waals surface area contributed by atoms with E-state index in [1.54, 1.807) is 12.1 Å². The molecule has 30 heavy (non-hydrogen) atoms. The summed E-state index contributed by atoms with van der Waals surface area (Å²) in [6.45, 7) is 4.85. The number of likely N-dealkylation sites (N-methyl/N-ethyl adjacent to an activating group) is 1.